The molecule has 24 heavy (non-hydrogen) atoms. The van der Waals surface area contributed by atoms with Crippen LogP contribution >= 0.6 is 24.8 Å². The van der Waals surface area contributed by atoms with Crippen LogP contribution in [-0.2, 0) is 21.7 Å². The van der Waals surface area contributed by atoms with E-state index in [1.165, 1.54) is 27.9 Å². The van der Waals surface area contributed by atoms with E-state index in [1.807, 2.05) is 32.9 Å². The minimum Gasteiger partial charge on any atom is -0.396 e. The number of benzene rings is 1. The van der Waals surface area contributed by atoms with Gasteiger partial charge in [-0.1, -0.05) is 44.4 Å². The molecular formula is C20H31Cl2OTi-. The maximum atomic E-state index is 8.40. The van der Waals surface area contributed by atoms with Gasteiger partial charge in [-0.25, -0.2) is 0 Å². The zero-order valence-corrected chi connectivity index (χ0v) is 19.1. The van der Waals surface area contributed by atoms with Crippen molar-refractivity contribution in [2.75, 3.05) is 6.61 Å². The van der Waals surface area contributed by atoms with Crippen LogP contribution in [0.3, 0.4) is 0 Å². The van der Waals surface area contributed by atoms with Crippen LogP contribution in [0.4, 0.5) is 0 Å². The average Bonchev–Trinajstić information content (AvgIpc) is 2.64. The Hall–Kier alpha value is -0.0457. The first-order valence-electron chi connectivity index (χ1n) is 7.65. The second kappa shape index (κ2) is 12.3. The van der Waals surface area contributed by atoms with Crippen molar-refractivity contribution in [3.63, 3.8) is 0 Å². The molecule has 0 spiro atoms. The fourth-order valence-electron chi connectivity index (χ4n) is 2.36. The molecule has 1 atom stereocenters. The van der Waals surface area contributed by atoms with Gasteiger partial charge in [-0.3, -0.25) is 0 Å². The Morgan fingerprint density at radius 2 is 1.54 bits per heavy atom. The van der Waals surface area contributed by atoms with Gasteiger partial charge in [0.1, 0.15) is 0 Å². The van der Waals surface area contributed by atoms with Crippen LogP contribution in [-0.4, -0.2) is 11.7 Å². The molecule has 1 aliphatic rings. The van der Waals surface area contributed by atoms with Crippen LogP contribution in [0.5, 0.6) is 0 Å². The number of hydrogen-bond donors (Lipinski definition) is 1. The molecule has 1 unspecified atom stereocenters. The molecule has 0 amide bonds. The van der Waals surface area contributed by atoms with Crippen LogP contribution in [0.25, 0.3) is 5.57 Å². The summed E-state index contributed by atoms with van der Waals surface area (Å²) in [4.78, 5) is 0. The first kappa shape index (κ1) is 28.7. The topological polar surface area (TPSA) is 20.2 Å². The summed E-state index contributed by atoms with van der Waals surface area (Å²) < 4.78 is 0. The van der Waals surface area contributed by atoms with Gasteiger partial charge in [-0.2, -0.15) is 0 Å². The minimum absolute atomic E-state index is 0. The SMILES string of the molecule is CC(C)(C)CO.CC1=C(C)C(C)C(c2[c-]cccc2)=C1C.Cl.Cl.[Ti]. The third kappa shape index (κ3) is 7.89. The first-order valence-corrected chi connectivity index (χ1v) is 7.65. The molecule has 136 valence electrons. The second-order valence-corrected chi connectivity index (χ2v) is 7.06. The van der Waals surface area contributed by atoms with Crippen molar-refractivity contribution in [2.24, 2.45) is 11.3 Å². The molecule has 0 saturated carbocycles. The number of rotatable bonds is 1. The molecule has 0 aromatic heterocycles. The van der Waals surface area contributed by atoms with Crippen LogP contribution in [0.2, 0.25) is 0 Å². The smallest absolute Gasteiger partial charge is 0.0479 e. The number of aliphatic hydroxyl groups is 1. The minimum atomic E-state index is 0. The number of aliphatic hydroxyl groups excluding tert-OH is 1. The van der Waals surface area contributed by atoms with E-state index in [0.29, 0.717) is 5.92 Å². The summed E-state index contributed by atoms with van der Waals surface area (Å²) in [6.45, 7) is 15.2. The Morgan fingerprint density at radius 1 is 1.04 bits per heavy atom. The molecule has 1 N–H and O–H groups in total. The Bertz CT molecular complexity index is 543. The van der Waals surface area contributed by atoms with Gasteiger partial charge in [0, 0.05) is 28.3 Å². The fraction of sp³-hybridized carbons (Fsp3) is 0.500. The molecule has 0 aliphatic heterocycles. The van der Waals surface area contributed by atoms with Crippen molar-refractivity contribution in [1.82, 2.24) is 0 Å². The summed E-state index contributed by atoms with van der Waals surface area (Å²) in [6, 6.07) is 11.6. The Labute approximate surface area is 175 Å². The molecule has 2 rings (SSSR count). The summed E-state index contributed by atoms with van der Waals surface area (Å²) >= 11 is 0. The average molecular weight is 406 g/mol. The van der Waals surface area contributed by atoms with E-state index in [-0.39, 0.29) is 58.6 Å². The van der Waals surface area contributed by atoms with E-state index in [2.05, 4.69) is 45.9 Å². The van der Waals surface area contributed by atoms with Crippen molar-refractivity contribution in [1.29, 1.82) is 0 Å². The molecule has 4 heteroatoms. The summed E-state index contributed by atoms with van der Waals surface area (Å²) in [6.07, 6.45) is 0. The van der Waals surface area contributed by atoms with Crippen LogP contribution in [0.1, 0.15) is 54.0 Å². The van der Waals surface area contributed by atoms with Gasteiger partial charge < -0.3 is 5.11 Å². The van der Waals surface area contributed by atoms with Crippen molar-refractivity contribution >= 4 is 30.4 Å². The van der Waals surface area contributed by atoms with E-state index in [4.69, 9.17) is 5.11 Å². The fourth-order valence-corrected chi connectivity index (χ4v) is 2.36. The third-order valence-corrected chi connectivity index (χ3v) is 4.11. The van der Waals surface area contributed by atoms with E-state index >= 15 is 0 Å². The van der Waals surface area contributed by atoms with E-state index < -0.39 is 0 Å². The number of allylic oxidation sites excluding steroid dienone is 4. The number of halogens is 2. The zero-order chi connectivity index (χ0) is 16.2. The Morgan fingerprint density at radius 3 is 1.83 bits per heavy atom. The predicted molar refractivity (Wildman–Crippen MR) is 106 cm³/mol. The van der Waals surface area contributed by atoms with Crippen LogP contribution in [0.15, 0.2) is 41.0 Å². The van der Waals surface area contributed by atoms with Crippen LogP contribution < -0.4 is 0 Å². The summed E-state index contributed by atoms with van der Waals surface area (Å²) in [5, 5.41) is 8.40. The van der Waals surface area contributed by atoms with E-state index in [1.54, 1.807) is 0 Å². The summed E-state index contributed by atoms with van der Waals surface area (Å²) in [5.41, 5.74) is 7.18. The molecule has 0 saturated heterocycles. The summed E-state index contributed by atoms with van der Waals surface area (Å²) in [5.74, 6) is 0.545. The maximum Gasteiger partial charge on any atom is 0.0479 e. The maximum absolute atomic E-state index is 8.40. The Kier molecular flexibility index (Phi) is 14.8. The van der Waals surface area contributed by atoms with Gasteiger partial charge in [-0.05, 0) is 32.1 Å². The predicted octanol–water partition coefficient (Wildman–Crippen LogP) is 6.11. The van der Waals surface area contributed by atoms with Crippen molar-refractivity contribution in [3.8, 4) is 0 Å². The van der Waals surface area contributed by atoms with Gasteiger partial charge in [-0.15, -0.1) is 66.3 Å². The molecule has 0 fully saturated rings. The van der Waals surface area contributed by atoms with Gasteiger partial charge in [0.15, 0.2) is 0 Å². The molecule has 0 heterocycles. The van der Waals surface area contributed by atoms with E-state index in [0.717, 1.165) is 0 Å². The van der Waals surface area contributed by atoms with Gasteiger partial charge >= 0.3 is 0 Å². The molecule has 0 bridgehead atoms. The standard InChI is InChI=1S/C15H17.C5H12O.2ClH.Ti/c1-10-11(2)13(4)15(12(10)3)14-8-6-5-7-9-14;1-5(2,3)4-6;;;/h5-8,12H,1-4H3;6H,4H2,1-3H3;2*1H;/q-1;;;;. The van der Waals surface area contributed by atoms with Gasteiger partial charge in [0.2, 0.25) is 0 Å². The van der Waals surface area contributed by atoms with Gasteiger partial charge in [0.25, 0.3) is 0 Å². The number of hydrogen-bond acceptors (Lipinski definition) is 1. The van der Waals surface area contributed by atoms with Crippen molar-refractivity contribution in [2.45, 2.75) is 48.5 Å². The monoisotopic (exact) mass is 405 g/mol. The third-order valence-electron chi connectivity index (χ3n) is 4.11. The molecule has 1 aliphatic carbocycles. The first-order chi connectivity index (χ1) is 9.69. The summed E-state index contributed by atoms with van der Waals surface area (Å²) in [7, 11) is 0. The molecule has 0 radical (unpaired) electrons. The van der Waals surface area contributed by atoms with E-state index in [9.17, 15) is 0 Å². The molecule has 1 nitrogen and oxygen atoms in total. The normalized spacial score (nSPS) is 16.4. The van der Waals surface area contributed by atoms with Gasteiger partial charge in [0.05, 0.1) is 0 Å². The molecule has 1 aromatic carbocycles. The van der Waals surface area contributed by atoms with Crippen molar-refractivity contribution in [3.05, 3.63) is 52.6 Å². The largest absolute Gasteiger partial charge is 0.396 e. The molecular weight excluding hydrogens is 375 g/mol. The quantitative estimate of drug-likeness (QED) is 0.441. The molecule has 1 aromatic rings. The van der Waals surface area contributed by atoms with Crippen molar-refractivity contribution < 1.29 is 26.8 Å². The Balaban J connectivity index is -0.000000432. The second-order valence-electron chi connectivity index (χ2n) is 7.06. The van der Waals surface area contributed by atoms with Crippen LogP contribution in [0, 0.1) is 17.4 Å². The zero-order valence-electron chi connectivity index (χ0n) is 15.9.